The highest BCUT2D eigenvalue weighted by Gasteiger charge is 2.06. The molecule has 76 valence electrons. The molecule has 2 N–H and O–H groups in total. The number of rotatable bonds is 4. The van der Waals surface area contributed by atoms with Crippen LogP contribution >= 0.6 is 11.8 Å². The van der Waals surface area contributed by atoms with Crippen molar-refractivity contribution in [3.05, 3.63) is 29.3 Å². The van der Waals surface area contributed by atoms with Crippen molar-refractivity contribution in [3.8, 4) is 0 Å². The standard InChI is InChI=1S/C10H12O3S/c1-7-6-8(14-5-4-11)2-3-9(7)10(12)13/h2-3,6,11H,4-5H2,1H3,(H,12,13). The fourth-order valence-corrected chi connectivity index (χ4v) is 1.88. The first kappa shape index (κ1) is 11.1. The van der Waals surface area contributed by atoms with Gasteiger partial charge < -0.3 is 10.2 Å². The van der Waals surface area contributed by atoms with E-state index >= 15 is 0 Å². The van der Waals surface area contributed by atoms with Crippen LogP contribution in [0.4, 0.5) is 0 Å². The van der Waals surface area contributed by atoms with Gasteiger partial charge in [-0.2, -0.15) is 0 Å². The van der Waals surface area contributed by atoms with Gasteiger partial charge >= 0.3 is 5.97 Å². The van der Waals surface area contributed by atoms with E-state index in [0.717, 1.165) is 10.5 Å². The van der Waals surface area contributed by atoms with Crippen molar-refractivity contribution < 1.29 is 15.0 Å². The molecule has 1 aromatic carbocycles. The van der Waals surface area contributed by atoms with Crippen LogP contribution < -0.4 is 0 Å². The van der Waals surface area contributed by atoms with Gasteiger partial charge in [-0.25, -0.2) is 4.79 Å². The number of aliphatic hydroxyl groups is 1. The monoisotopic (exact) mass is 212 g/mol. The van der Waals surface area contributed by atoms with E-state index < -0.39 is 5.97 Å². The second-order valence-electron chi connectivity index (χ2n) is 2.85. The molecule has 14 heavy (non-hydrogen) atoms. The minimum Gasteiger partial charge on any atom is -0.478 e. The van der Waals surface area contributed by atoms with Gasteiger partial charge in [-0.1, -0.05) is 0 Å². The second-order valence-corrected chi connectivity index (χ2v) is 4.02. The zero-order valence-corrected chi connectivity index (χ0v) is 8.67. The topological polar surface area (TPSA) is 57.5 Å². The van der Waals surface area contributed by atoms with E-state index in [2.05, 4.69) is 0 Å². The van der Waals surface area contributed by atoms with Crippen molar-refractivity contribution in [2.45, 2.75) is 11.8 Å². The molecule has 0 aliphatic rings. The fraction of sp³-hybridized carbons (Fsp3) is 0.300. The Bertz CT molecular complexity index is 336. The lowest BCUT2D eigenvalue weighted by molar-refractivity contribution is 0.0696. The average molecular weight is 212 g/mol. The summed E-state index contributed by atoms with van der Waals surface area (Å²) in [5, 5.41) is 17.4. The predicted octanol–water partition coefficient (Wildman–Crippen LogP) is 1.78. The molecule has 0 spiro atoms. The molecule has 0 fully saturated rings. The number of carboxylic acids is 1. The quantitative estimate of drug-likeness (QED) is 0.747. The third-order valence-corrected chi connectivity index (χ3v) is 2.76. The van der Waals surface area contributed by atoms with E-state index in [9.17, 15) is 4.79 Å². The largest absolute Gasteiger partial charge is 0.478 e. The number of carbonyl (C=O) groups is 1. The Kier molecular flexibility index (Phi) is 3.98. The first-order valence-electron chi connectivity index (χ1n) is 4.22. The number of carboxylic acid groups (broad SMARTS) is 1. The number of aliphatic hydroxyl groups excluding tert-OH is 1. The molecule has 0 atom stereocenters. The summed E-state index contributed by atoms with van der Waals surface area (Å²) in [7, 11) is 0. The molecule has 0 amide bonds. The molecule has 0 radical (unpaired) electrons. The summed E-state index contributed by atoms with van der Waals surface area (Å²) in [6.07, 6.45) is 0. The molecular weight excluding hydrogens is 200 g/mol. The maximum atomic E-state index is 10.7. The number of benzene rings is 1. The number of aryl methyl sites for hydroxylation is 1. The van der Waals surface area contributed by atoms with E-state index in [4.69, 9.17) is 10.2 Å². The molecule has 0 heterocycles. The maximum absolute atomic E-state index is 10.7. The van der Waals surface area contributed by atoms with Crippen molar-refractivity contribution in [2.24, 2.45) is 0 Å². The first-order valence-corrected chi connectivity index (χ1v) is 5.21. The predicted molar refractivity (Wildman–Crippen MR) is 55.9 cm³/mol. The van der Waals surface area contributed by atoms with Crippen LogP contribution in [-0.4, -0.2) is 28.5 Å². The summed E-state index contributed by atoms with van der Waals surface area (Å²) < 4.78 is 0. The molecule has 0 aliphatic carbocycles. The number of thioether (sulfide) groups is 1. The minimum absolute atomic E-state index is 0.129. The molecule has 1 aromatic rings. The Morgan fingerprint density at radius 2 is 2.21 bits per heavy atom. The number of hydrogen-bond acceptors (Lipinski definition) is 3. The SMILES string of the molecule is Cc1cc(SCCO)ccc1C(=O)O. The van der Waals surface area contributed by atoms with Crippen LogP contribution in [-0.2, 0) is 0 Å². The van der Waals surface area contributed by atoms with Gasteiger partial charge in [-0.15, -0.1) is 11.8 Å². The van der Waals surface area contributed by atoms with Crippen LogP contribution in [0.3, 0.4) is 0 Å². The van der Waals surface area contributed by atoms with Crippen LogP contribution in [0, 0.1) is 6.92 Å². The van der Waals surface area contributed by atoms with Gasteiger partial charge in [0.15, 0.2) is 0 Å². The van der Waals surface area contributed by atoms with E-state index in [1.165, 1.54) is 11.8 Å². The Labute approximate surface area is 86.8 Å². The zero-order chi connectivity index (χ0) is 10.6. The Hall–Kier alpha value is -1.00. The van der Waals surface area contributed by atoms with Gasteiger partial charge in [0.25, 0.3) is 0 Å². The van der Waals surface area contributed by atoms with Crippen LogP contribution in [0.1, 0.15) is 15.9 Å². The second kappa shape index (κ2) is 5.02. The summed E-state index contributed by atoms with van der Waals surface area (Å²) in [5.74, 6) is -0.271. The number of hydrogen-bond donors (Lipinski definition) is 2. The highest BCUT2D eigenvalue weighted by Crippen LogP contribution is 2.20. The van der Waals surface area contributed by atoms with Gasteiger partial charge in [0, 0.05) is 10.6 Å². The molecule has 0 aliphatic heterocycles. The fourth-order valence-electron chi connectivity index (χ4n) is 1.13. The van der Waals surface area contributed by atoms with Gasteiger partial charge in [0.1, 0.15) is 0 Å². The van der Waals surface area contributed by atoms with Crippen molar-refractivity contribution in [1.29, 1.82) is 0 Å². The molecule has 0 saturated carbocycles. The molecule has 0 bridgehead atoms. The molecule has 0 aromatic heterocycles. The van der Waals surface area contributed by atoms with Crippen molar-refractivity contribution in [2.75, 3.05) is 12.4 Å². The van der Waals surface area contributed by atoms with Gasteiger partial charge in [-0.05, 0) is 30.7 Å². The van der Waals surface area contributed by atoms with Crippen LogP contribution in [0.25, 0.3) is 0 Å². The third kappa shape index (κ3) is 2.75. The van der Waals surface area contributed by atoms with Gasteiger partial charge in [0.2, 0.25) is 0 Å². The summed E-state index contributed by atoms with van der Waals surface area (Å²) in [6, 6.07) is 5.18. The van der Waals surface area contributed by atoms with E-state index in [0.29, 0.717) is 11.3 Å². The first-order chi connectivity index (χ1) is 6.65. The Morgan fingerprint density at radius 3 is 2.71 bits per heavy atom. The molecule has 0 unspecified atom stereocenters. The summed E-state index contributed by atoms with van der Waals surface area (Å²) in [6.45, 7) is 1.90. The van der Waals surface area contributed by atoms with Crippen molar-refractivity contribution in [1.82, 2.24) is 0 Å². The summed E-state index contributed by atoms with van der Waals surface area (Å²) in [5.41, 5.74) is 1.08. The Morgan fingerprint density at radius 1 is 1.50 bits per heavy atom. The molecule has 1 rings (SSSR count). The zero-order valence-electron chi connectivity index (χ0n) is 7.86. The number of aromatic carboxylic acids is 1. The highest BCUT2D eigenvalue weighted by atomic mass is 32.2. The van der Waals surface area contributed by atoms with Gasteiger partial charge in [-0.3, -0.25) is 0 Å². The van der Waals surface area contributed by atoms with E-state index in [1.54, 1.807) is 19.1 Å². The third-order valence-electron chi connectivity index (χ3n) is 1.79. The molecule has 4 heteroatoms. The highest BCUT2D eigenvalue weighted by molar-refractivity contribution is 7.99. The normalized spacial score (nSPS) is 10.1. The smallest absolute Gasteiger partial charge is 0.335 e. The Balaban J connectivity index is 2.83. The molecule has 3 nitrogen and oxygen atoms in total. The maximum Gasteiger partial charge on any atom is 0.335 e. The lowest BCUT2D eigenvalue weighted by atomic mass is 10.1. The van der Waals surface area contributed by atoms with E-state index in [-0.39, 0.29) is 6.61 Å². The van der Waals surface area contributed by atoms with Crippen molar-refractivity contribution in [3.63, 3.8) is 0 Å². The summed E-state index contributed by atoms with van der Waals surface area (Å²) in [4.78, 5) is 11.7. The average Bonchev–Trinajstić information content (AvgIpc) is 2.14. The van der Waals surface area contributed by atoms with Crippen LogP contribution in [0.2, 0.25) is 0 Å². The van der Waals surface area contributed by atoms with Crippen LogP contribution in [0.15, 0.2) is 23.1 Å². The van der Waals surface area contributed by atoms with Gasteiger partial charge in [0.05, 0.1) is 12.2 Å². The molecule has 0 saturated heterocycles. The molecular formula is C10H12O3S. The van der Waals surface area contributed by atoms with Crippen molar-refractivity contribution >= 4 is 17.7 Å². The lowest BCUT2D eigenvalue weighted by Gasteiger charge is -2.03. The van der Waals surface area contributed by atoms with Crippen LogP contribution in [0.5, 0.6) is 0 Å². The summed E-state index contributed by atoms with van der Waals surface area (Å²) >= 11 is 1.51. The van der Waals surface area contributed by atoms with E-state index in [1.807, 2.05) is 6.07 Å². The lowest BCUT2D eigenvalue weighted by Crippen LogP contribution is -1.99. The minimum atomic E-state index is -0.902.